The molecule has 0 aliphatic rings. The number of carbonyl (C=O) groups excluding carboxylic acids is 2. The van der Waals surface area contributed by atoms with Gasteiger partial charge < -0.3 is 5.32 Å². The van der Waals surface area contributed by atoms with Gasteiger partial charge in [0.25, 0.3) is 0 Å². The molecule has 2 N–H and O–H groups in total. The molecule has 0 atom stereocenters. The Bertz CT molecular complexity index is 111. The summed E-state index contributed by atoms with van der Waals surface area (Å²) >= 11 is 0. The van der Waals surface area contributed by atoms with Crippen molar-refractivity contribution in [3.05, 3.63) is 0 Å². The first-order valence-corrected chi connectivity index (χ1v) is 2.12. The second-order valence-corrected chi connectivity index (χ2v) is 1.27. The van der Waals surface area contributed by atoms with Crippen molar-refractivity contribution in [3.63, 3.8) is 0 Å². The predicted octanol–water partition coefficient (Wildman–Crippen LogP) is -1.07. The fourth-order valence-corrected chi connectivity index (χ4v) is 0.234. The van der Waals surface area contributed by atoms with Gasteiger partial charge in [0.05, 0.1) is 0 Å². The summed E-state index contributed by atoms with van der Waals surface area (Å²) in [6.45, 7) is 0. The second kappa shape index (κ2) is 3.01. The number of carbonyl (C=O) groups is 2. The SMILES string of the molecule is CNC(=O)CC([NH])=O. The van der Waals surface area contributed by atoms with E-state index in [9.17, 15) is 9.59 Å². The van der Waals surface area contributed by atoms with Gasteiger partial charge in [-0.05, 0) is 0 Å². The van der Waals surface area contributed by atoms with Gasteiger partial charge in [-0.1, -0.05) is 0 Å². The van der Waals surface area contributed by atoms with Crippen LogP contribution in [0.25, 0.3) is 0 Å². The first kappa shape index (κ1) is 6.94. The van der Waals surface area contributed by atoms with Crippen LogP contribution in [0, 0.1) is 0 Å². The summed E-state index contributed by atoms with van der Waals surface area (Å²) in [6, 6.07) is 0. The number of amides is 2. The Balaban J connectivity index is 3.40. The molecule has 0 unspecified atom stereocenters. The minimum Gasteiger partial charge on any atom is -0.359 e. The molecule has 2 amide bonds. The Labute approximate surface area is 47.0 Å². The van der Waals surface area contributed by atoms with Gasteiger partial charge in [0.2, 0.25) is 11.8 Å². The van der Waals surface area contributed by atoms with Crippen LogP contribution in [0.15, 0.2) is 0 Å². The largest absolute Gasteiger partial charge is 0.359 e. The molecule has 1 radical (unpaired) electrons. The monoisotopic (exact) mass is 115 g/mol. The first-order chi connectivity index (χ1) is 3.66. The van der Waals surface area contributed by atoms with E-state index in [0.29, 0.717) is 0 Å². The molecule has 0 aromatic carbocycles. The van der Waals surface area contributed by atoms with E-state index in [4.69, 9.17) is 5.73 Å². The van der Waals surface area contributed by atoms with Crippen LogP contribution in [0.2, 0.25) is 0 Å². The van der Waals surface area contributed by atoms with Crippen molar-refractivity contribution in [2.24, 2.45) is 0 Å². The second-order valence-electron chi connectivity index (χ2n) is 1.27. The van der Waals surface area contributed by atoms with Crippen molar-refractivity contribution >= 4 is 11.8 Å². The molecule has 0 aromatic rings. The molecule has 0 saturated carbocycles. The van der Waals surface area contributed by atoms with Crippen LogP contribution in [-0.4, -0.2) is 18.9 Å². The van der Waals surface area contributed by atoms with Gasteiger partial charge in [-0.15, -0.1) is 0 Å². The minimum absolute atomic E-state index is 0.337. The lowest BCUT2D eigenvalue weighted by Gasteiger charge is -1.90. The molecule has 0 rings (SSSR count). The van der Waals surface area contributed by atoms with E-state index in [0.717, 1.165) is 0 Å². The Morgan fingerprint density at radius 1 is 1.62 bits per heavy atom. The summed E-state index contributed by atoms with van der Waals surface area (Å²) in [5, 5.41) is 2.22. The molecule has 0 fully saturated rings. The lowest BCUT2D eigenvalue weighted by molar-refractivity contribution is -0.127. The Morgan fingerprint density at radius 2 is 2.12 bits per heavy atom. The van der Waals surface area contributed by atoms with Crippen molar-refractivity contribution in [1.29, 1.82) is 0 Å². The number of hydrogen-bond donors (Lipinski definition) is 1. The van der Waals surface area contributed by atoms with Crippen molar-refractivity contribution in [3.8, 4) is 0 Å². The van der Waals surface area contributed by atoms with Gasteiger partial charge in [0, 0.05) is 7.05 Å². The molecule has 0 spiro atoms. The van der Waals surface area contributed by atoms with Crippen LogP contribution >= 0.6 is 0 Å². The highest BCUT2D eigenvalue weighted by Crippen LogP contribution is 1.74. The third-order valence-corrected chi connectivity index (χ3v) is 0.600. The van der Waals surface area contributed by atoms with Gasteiger partial charge >= 0.3 is 0 Å². The maximum atomic E-state index is 10.2. The van der Waals surface area contributed by atoms with E-state index in [1.54, 1.807) is 0 Å². The highest BCUT2D eigenvalue weighted by atomic mass is 16.2. The molecule has 4 heteroatoms. The van der Waals surface area contributed by atoms with E-state index in [2.05, 4.69) is 5.32 Å². The molecule has 0 aliphatic heterocycles. The third kappa shape index (κ3) is 3.14. The van der Waals surface area contributed by atoms with Crippen LogP contribution in [0.1, 0.15) is 6.42 Å². The molecular formula is C4H7N2O2. The molecule has 4 nitrogen and oxygen atoms in total. The summed E-state index contributed by atoms with van der Waals surface area (Å²) < 4.78 is 0. The molecule has 45 valence electrons. The molecule has 0 aromatic heterocycles. The highest BCUT2D eigenvalue weighted by Gasteiger charge is 2.01. The molecular weight excluding hydrogens is 108 g/mol. The quantitative estimate of drug-likeness (QED) is 0.465. The van der Waals surface area contributed by atoms with Crippen LogP contribution in [0.5, 0.6) is 0 Å². The van der Waals surface area contributed by atoms with Crippen molar-refractivity contribution < 1.29 is 9.59 Å². The summed E-state index contributed by atoms with van der Waals surface area (Å²) in [5.41, 5.74) is 6.31. The maximum Gasteiger partial charge on any atom is 0.247 e. The Morgan fingerprint density at radius 3 is 2.25 bits per heavy atom. The van der Waals surface area contributed by atoms with Crippen molar-refractivity contribution in [2.45, 2.75) is 6.42 Å². The fourth-order valence-electron chi connectivity index (χ4n) is 0.234. The van der Waals surface area contributed by atoms with Crippen LogP contribution in [0.3, 0.4) is 0 Å². The normalized spacial score (nSPS) is 8.12. The summed E-state index contributed by atoms with van der Waals surface area (Å²) in [4.78, 5) is 20.0. The number of hydrogen-bond acceptors (Lipinski definition) is 2. The minimum atomic E-state index is -0.857. The van der Waals surface area contributed by atoms with Gasteiger partial charge in [0.1, 0.15) is 6.42 Å². The van der Waals surface area contributed by atoms with Crippen LogP contribution < -0.4 is 11.1 Å². The van der Waals surface area contributed by atoms with Crippen molar-refractivity contribution in [2.75, 3.05) is 7.05 Å². The Kier molecular flexibility index (Phi) is 2.61. The third-order valence-electron chi connectivity index (χ3n) is 0.600. The predicted molar refractivity (Wildman–Crippen MR) is 26.8 cm³/mol. The van der Waals surface area contributed by atoms with Gasteiger partial charge in [-0.3, -0.25) is 15.3 Å². The molecule has 0 aliphatic carbocycles. The van der Waals surface area contributed by atoms with E-state index in [1.165, 1.54) is 7.05 Å². The zero-order valence-corrected chi connectivity index (χ0v) is 4.52. The van der Waals surface area contributed by atoms with Crippen LogP contribution in [-0.2, 0) is 9.59 Å². The number of rotatable bonds is 2. The average molecular weight is 115 g/mol. The Hall–Kier alpha value is -1.06. The molecule has 8 heavy (non-hydrogen) atoms. The van der Waals surface area contributed by atoms with Gasteiger partial charge in [0.15, 0.2) is 0 Å². The topological polar surface area (TPSA) is 70.0 Å². The van der Waals surface area contributed by atoms with Gasteiger partial charge in [-0.25, -0.2) is 0 Å². The van der Waals surface area contributed by atoms with Gasteiger partial charge in [-0.2, -0.15) is 0 Å². The van der Waals surface area contributed by atoms with Crippen LogP contribution in [0.4, 0.5) is 0 Å². The summed E-state index contributed by atoms with van der Waals surface area (Å²) in [7, 11) is 1.42. The fraction of sp³-hybridized carbons (Fsp3) is 0.500. The molecule has 0 saturated heterocycles. The van der Waals surface area contributed by atoms with E-state index < -0.39 is 11.8 Å². The van der Waals surface area contributed by atoms with Crippen molar-refractivity contribution in [1.82, 2.24) is 11.1 Å². The number of nitrogens with one attached hydrogen (secondary N) is 2. The summed E-state index contributed by atoms with van der Waals surface area (Å²) in [6.07, 6.45) is -0.337. The first-order valence-electron chi connectivity index (χ1n) is 2.12. The summed E-state index contributed by atoms with van der Waals surface area (Å²) in [5.74, 6) is -1.27. The maximum absolute atomic E-state index is 10.2. The average Bonchev–Trinajstić information content (AvgIpc) is 1.65. The lowest BCUT2D eigenvalue weighted by atomic mass is 10.4. The molecule has 0 heterocycles. The zero-order valence-electron chi connectivity index (χ0n) is 4.52. The molecule has 0 bridgehead atoms. The van der Waals surface area contributed by atoms with E-state index >= 15 is 0 Å². The highest BCUT2D eigenvalue weighted by molar-refractivity contribution is 5.95. The lowest BCUT2D eigenvalue weighted by Crippen LogP contribution is -2.21. The zero-order chi connectivity index (χ0) is 6.57. The standard InChI is InChI=1S/C4H7N2O2/c1-6-4(8)2-3(5)7/h5H,2H2,1H3,(H,6,8). The van der Waals surface area contributed by atoms with E-state index in [1.807, 2.05) is 0 Å². The smallest absolute Gasteiger partial charge is 0.247 e. The van der Waals surface area contributed by atoms with E-state index in [-0.39, 0.29) is 6.42 Å².